The number of hydrogen-bond donors (Lipinski definition) is 1. The van der Waals surface area contributed by atoms with E-state index in [-0.39, 0.29) is 12.0 Å². The van der Waals surface area contributed by atoms with Gasteiger partial charge in [-0.3, -0.25) is 4.79 Å². The van der Waals surface area contributed by atoms with Gasteiger partial charge in [0.15, 0.2) is 0 Å². The number of carbonyl (C=O) groups excluding carboxylic acids is 1. The molecule has 1 atom stereocenters. The lowest BCUT2D eigenvalue weighted by Crippen LogP contribution is -2.24. The Balaban J connectivity index is 2.51. The molecule has 1 unspecified atom stereocenters. The van der Waals surface area contributed by atoms with Gasteiger partial charge in [0, 0.05) is 17.6 Å². The molecule has 1 aromatic carbocycles. The third-order valence-electron chi connectivity index (χ3n) is 2.61. The van der Waals surface area contributed by atoms with Crippen molar-refractivity contribution in [3.05, 3.63) is 34.9 Å². The van der Waals surface area contributed by atoms with Crippen LogP contribution in [0.2, 0.25) is 5.02 Å². The van der Waals surface area contributed by atoms with Crippen molar-refractivity contribution in [1.29, 1.82) is 0 Å². The summed E-state index contributed by atoms with van der Waals surface area (Å²) in [7, 11) is 1.40. The van der Waals surface area contributed by atoms with Crippen LogP contribution in [0, 0.1) is 0 Å². The first-order valence-corrected chi connectivity index (χ1v) is 6.10. The second-order valence-electron chi connectivity index (χ2n) is 3.80. The van der Waals surface area contributed by atoms with Gasteiger partial charge < -0.3 is 10.1 Å². The number of carbonyl (C=O) groups is 1. The van der Waals surface area contributed by atoms with E-state index in [1.165, 1.54) is 7.11 Å². The second-order valence-corrected chi connectivity index (χ2v) is 4.23. The molecule has 1 N–H and O–H groups in total. The predicted octanol–water partition coefficient (Wildman–Crippen LogP) is 2.94. The standard InChI is InChI=1S/C13H18ClNO2/c1-3-12(15-8-7-13(16)17-2)10-5-4-6-11(14)9-10/h4-6,9,12,15H,3,7-8H2,1-2H3. The molecule has 0 radical (unpaired) electrons. The van der Waals surface area contributed by atoms with Crippen LogP contribution >= 0.6 is 11.6 Å². The van der Waals surface area contributed by atoms with Gasteiger partial charge >= 0.3 is 5.97 Å². The third-order valence-corrected chi connectivity index (χ3v) is 2.84. The highest BCUT2D eigenvalue weighted by Gasteiger charge is 2.09. The topological polar surface area (TPSA) is 38.3 Å². The zero-order valence-electron chi connectivity index (χ0n) is 10.2. The van der Waals surface area contributed by atoms with Gasteiger partial charge in [-0.2, -0.15) is 0 Å². The third kappa shape index (κ3) is 4.75. The summed E-state index contributed by atoms with van der Waals surface area (Å²) >= 11 is 5.95. The number of hydrogen-bond acceptors (Lipinski definition) is 3. The van der Waals surface area contributed by atoms with E-state index in [0.29, 0.717) is 13.0 Å². The molecule has 0 aromatic heterocycles. The van der Waals surface area contributed by atoms with Gasteiger partial charge in [-0.05, 0) is 24.1 Å². The number of esters is 1. The normalized spacial score (nSPS) is 12.2. The van der Waals surface area contributed by atoms with E-state index in [2.05, 4.69) is 17.0 Å². The molecule has 1 aromatic rings. The molecule has 0 spiro atoms. The number of ether oxygens (including phenoxy) is 1. The summed E-state index contributed by atoms with van der Waals surface area (Å²) in [6, 6.07) is 7.99. The van der Waals surface area contributed by atoms with Crippen LogP contribution in [0.5, 0.6) is 0 Å². The van der Waals surface area contributed by atoms with Gasteiger partial charge in [-0.25, -0.2) is 0 Å². The SMILES string of the molecule is CCC(NCCC(=O)OC)c1cccc(Cl)c1. The van der Waals surface area contributed by atoms with Gasteiger partial charge in [0.25, 0.3) is 0 Å². The molecule has 4 heteroatoms. The minimum Gasteiger partial charge on any atom is -0.469 e. The summed E-state index contributed by atoms with van der Waals surface area (Å²) in [6.07, 6.45) is 1.33. The van der Waals surface area contributed by atoms with E-state index >= 15 is 0 Å². The average Bonchev–Trinajstić information content (AvgIpc) is 2.34. The maximum Gasteiger partial charge on any atom is 0.306 e. The van der Waals surface area contributed by atoms with Gasteiger partial charge in [-0.15, -0.1) is 0 Å². The van der Waals surface area contributed by atoms with E-state index < -0.39 is 0 Å². The van der Waals surface area contributed by atoms with Crippen molar-refractivity contribution < 1.29 is 9.53 Å². The Morgan fingerprint density at radius 3 is 2.88 bits per heavy atom. The predicted molar refractivity (Wildman–Crippen MR) is 69.1 cm³/mol. The molecular formula is C13H18ClNO2. The van der Waals surface area contributed by atoms with Gasteiger partial charge in [0.1, 0.15) is 0 Å². The monoisotopic (exact) mass is 255 g/mol. The lowest BCUT2D eigenvalue weighted by molar-refractivity contribution is -0.140. The summed E-state index contributed by atoms with van der Waals surface area (Å²) in [6.45, 7) is 2.70. The summed E-state index contributed by atoms with van der Waals surface area (Å²) in [5.41, 5.74) is 1.14. The summed E-state index contributed by atoms with van der Waals surface area (Å²) in [5, 5.41) is 4.05. The molecule has 17 heavy (non-hydrogen) atoms. The van der Waals surface area contributed by atoms with Crippen LogP contribution in [0.15, 0.2) is 24.3 Å². The highest BCUT2D eigenvalue weighted by molar-refractivity contribution is 6.30. The number of halogens is 1. The minimum atomic E-state index is -0.196. The maximum atomic E-state index is 11.0. The smallest absolute Gasteiger partial charge is 0.306 e. The Hall–Kier alpha value is -1.06. The van der Waals surface area contributed by atoms with E-state index in [1.54, 1.807) is 0 Å². The lowest BCUT2D eigenvalue weighted by atomic mass is 10.0. The summed E-state index contributed by atoms with van der Waals surface area (Å²) < 4.78 is 4.59. The van der Waals surface area contributed by atoms with Crippen molar-refractivity contribution in [2.45, 2.75) is 25.8 Å². The maximum absolute atomic E-state index is 11.0. The van der Waals surface area contributed by atoms with Crippen LogP contribution in [-0.2, 0) is 9.53 Å². The van der Waals surface area contributed by atoms with E-state index in [4.69, 9.17) is 11.6 Å². The van der Waals surface area contributed by atoms with Crippen molar-refractivity contribution in [2.75, 3.05) is 13.7 Å². The quantitative estimate of drug-likeness (QED) is 0.795. The first-order valence-electron chi connectivity index (χ1n) is 5.73. The van der Waals surface area contributed by atoms with E-state index in [0.717, 1.165) is 17.0 Å². The molecule has 0 heterocycles. The molecule has 94 valence electrons. The van der Waals surface area contributed by atoms with Crippen molar-refractivity contribution in [2.24, 2.45) is 0 Å². The molecule has 0 amide bonds. The zero-order valence-corrected chi connectivity index (χ0v) is 11.0. The van der Waals surface area contributed by atoms with E-state index in [1.807, 2.05) is 24.3 Å². The molecule has 0 bridgehead atoms. The van der Waals surface area contributed by atoms with E-state index in [9.17, 15) is 4.79 Å². The van der Waals surface area contributed by atoms with Crippen molar-refractivity contribution in [3.63, 3.8) is 0 Å². The number of nitrogens with one attached hydrogen (secondary N) is 1. The lowest BCUT2D eigenvalue weighted by Gasteiger charge is -2.17. The van der Waals surface area contributed by atoms with Gasteiger partial charge in [0.2, 0.25) is 0 Å². The largest absolute Gasteiger partial charge is 0.469 e. The number of methoxy groups -OCH3 is 1. The molecule has 0 saturated carbocycles. The summed E-state index contributed by atoms with van der Waals surface area (Å²) in [4.78, 5) is 11.0. The molecule has 0 fully saturated rings. The molecular weight excluding hydrogens is 238 g/mol. The van der Waals surface area contributed by atoms with Crippen LogP contribution in [0.4, 0.5) is 0 Å². The Morgan fingerprint density at radius 1 is 1.53 bits per heavy atom. The van der Waals surface area contributed by atoms with Crippen molar-refractivity contribution in [1.82, 2.24) is 5.32 Å². The molecule has 3 nitrogen and oxygen atoms in total. The molecule has 0 aliphatic carbocycles. The first kappa shape index (κ1) is 14.0. The Kier molecular flexibility index (Phi) is 6.01. The van der Waals surface area contributed by atoms with Crippen LogP contribution in [-0.4, -0.2) is 19.6 Å². The van der Waals surface area contributed by atoms with Crippen LogP contribution < -0.4 is 5.32 Å². The Morgan fingerprint density at radius 2 is 2.29 bits per heavy atom. The summed E-state index contributed by atoms with van der Waals surface area (Å²) in [5.74, 6) is -0.196. The fraction of sp³-hybridized carbons (Fsp3) is 0.462. The molecule has 0 aliphatic heterocycles. The highest BCUT2D eigenvalue weighted by Crippen LogP contribution is 2.20. The second kappa shape index (κ2) is 7.30. The Labute approximate surface area is 107 Å². The van der Waals surface area contributed by atoms with Crippen molar-refractivity contribution in [3.8, 4) is 0 Å². The molecule has 0 saturated heterocycles. The van der Waals surface area contributed by atoms with Gasteiger partial charge in [-0.1, -0.05) is 30.7 Å². The zero-order chi connectivity index (χ0) is 12.7. The van der Waals surface area contributed by atoms with Crippen LogP contribution in [0.3, 0.4) is 0 Å². The fourth-order valence-corrected chi connectivity index (χ4v) is 1.87. The Bertz CT molecular complexity index is 368. The number of benzene rings is 1. The minimum absolute atomic E-state index is 0.196. The highest BCUT2D eigenvalue weighted by atomic mass is 35.5. The number of rotatable bonds is 6. The van der Waals surface area contributed by atoms with Crippen molar-refractivity contribution >= 4 is 17.6 Å². The van der Waals surface area contributed by atoms with Gasteiger partial charge in [0.05, 0.1) is 13.5 Å². The van der Waals surface area contributed by atoms with Crippen LogP contribution in [0.25, 0.3) is 0 Å². The molecule has 1 rings (SSSR count). The molecule has 0 aliphatic rings. The average molecular weight is 256 g/mol. The first-order chi connectivity index (χ1) is 8.17. The fourth-order valence-electron chi connectivity index (χ4n) is 1.67. The van der Waals surface area contributed by atoms with Crippen LogP contribution in [0.1, 0.15) is 31.4 Å².